The van der Waals surface area contributed by atoms with Gasteiger partial charge in [0.05, 0.1) is 6.21 Å². The molecular weight excluding hydrogens is 270 g/mol. The van der Waals surface area contributed by atoms with Crippen molar-refractivity contribution in [2.45, 2.75) is 6.10 Å². The van der Waals surface area contributed by atoms with Gasteiger partial charge in [-0.2, -0.15) is 5.10 Å². The van der Waals surface area contributed by atoms with Gasteiger partial charge in [0.15, 0.2) is 11.5 Å². The van der Waals surface area contributed by atoms with Crippen LogP contribution in [0.2, 0.25) is 0 Å². The number of hydrogen-bond donors (Lipinski definition) is 1. The van der Waals surface area contributed by atoms with Gasteiger partial charge < -0.3 is 9.47 Å². The smallest absolute Gasteiger partial charge is 0.284 e. The number of hydrazone groups is 1. The van der Waals surface area contributed by atoms with E-state index in [2.05, 4.69) is 15.5 Å². The molecule has 0 saturated carbocycles. The zero-order chi connectivity index (χ0) is 14.5. The van der Waals surface area contributed by atoms with Gasteiger partial charge in [-0.1, -0.05) is 12.1 Å². The topological polar surface area (TPSA) is 72.8 Å². The lowest BCUT2D eigenvalue weighted by Crippen LogP contribution is -2.42. The number of benzene rings is 1. The first-order chi connectivity index (χ1) is 10.3. The molecule has 21 heavy (non-hydrogen) atoms. The van der Waals surface area contributed by atoms with Crippen molar-refractivity contribution in [1.82, 2.24) is 10.4 Å². The Kier molecular flexibility index (Phi) is 3.77. The molecule has 0 spiro atoms. The monoisotopic (exact) mass is 283 g/mol. The molecule has 1 aliphatic heterocycles. The quantitative estimate of drug-likeness (QED) is 0.682. The van der Waals surface area contributed by atoms with Crippen molar-refractivity contribution >= 4 is 12.1 Å². The van der Waals surface area contributed by atoms with E-state index in [1.54, 1.807) is 36.7 Å². The van der Waals surface area contributed by atoms with E-state index in [0.29, 0.717) is 11.5 Å². The number of ether oxygens (including phenoxy) is 2. The first-order valence-electron chi connectivity index (χ1n) is 6.44. The molecule has 1 aromatic heterocycles. The third kappa shape index (κ3) is 3.17. The Hall–Kier alpha value is -2.89. The predicted molar refractivity (Wildman–Crippen MR) is 76.3 cm³/mol. The molecular formula is C15H13N3O3. The normalized spacial score (nSPS) is 16.7. The molecule has 0 bridgehead atoms. The van der Waals surface area contributed by atoms with Crippen LogP contribution in [0.1, 0.15) is 5.56 Å². The second kappa shape index (κ2) is 6.04. The van der Waals surface area contributed by atoms with E-state index in [9.17, 15) is 4.79 Å². The van der Waals surface area contributed by atoms with Gasteiger partial charge in [0.2, 0.25) is 6.10 Å². The van der Waals surface area contributed by atoms with Gasteiger partial charge >= 0.3 is 0 Å². The number of pyridine rings is 1. The van der Waals surface area contributed by atoms with E-state index < -0.39 is 6.10 Å². The van der Waals surface area contributed by atoms with Crippen LogP contribution in [0.15, 0.2) is 53.9 Å². The highest BCUT2D eigenvalue weighted by Crippen LogP contribution is 2.30. The molecule has 0 unspecified atom stereocenters. The first kappa shape index (κ1) is 13.1. The van der Waals surface area contributed by atoms with Gasteiger partial charge in [0, 0.05) is 12.4 Å². The number of amides is 1. The minimum absolute atomic E-state index is 0.160. The minimum Gasteiger partial charge on any atom is -0.485 e. The van der Waals surface area contributed by atoms with E-state index >= 15 is 0 Å². The fraction of sp³-hybridized carbons (Fsp3) is 0.133. The zero-order valence-electron chi connectivity index (χ0n) is 11.1. The molecule has 1 atom stereocenters. The van der Waals surface area contributed by atoms with Crippen LogP contribution >= 0.6 is 0 Å². The highest BCUT2D eigenvalue weighted by atomic mass is 16.6. The number of rotatable bonds is 3. The Morgan fingerprint density at radius 1 is 1.24 bits per heavy atom. The summed E-state index contributed by atoms with van der Waals surface area (Å²) in [5.74, 6) is 0.846. The van der Waals surface area contributed by atoms with Crippen LogP contribution in [0.3, 0.4) is 0 Å². The largest absolute Gasteiger partial charge is 0.485 e. The average Bonchev–Trinajstić information content (AvgIpc) is 2.55. The van der Waals surface area contributed by atoms with Crippen molar-refractivity contribution in [3.05, 3.63) is 54.4 Å². The fourth-order valence-electron chi connectivity index (χ4n) is 1.84. The van der Waals surface area contributed by atoms with E-state index in [-0.39, 0.29) is 12.5 Å². The number of hydrogen-bond acceptors (Lipinski definition) is 5. The summed E-state index contributed by atoms with van der Waals surface area (Å²) >= 11 is 0. The molecule has 106 valence electrons. The number of para-hydroxylation sites is 2. The van der Waals surface area contributed by atoms with Crippen molar-refractivity contribution in [2.75, 3.05) is 6.61 Å². The van der Waals surface area contributed by atoms with Crippen LogP contribution in [0.4, 0.5) is 0 Å². The molecule has 0 saturated heterocycles. The molecule has 1 aliphatic rings. The van der Waals surface area contributed by atoms with Gasteiger partial charge in [-0.25, -0.2) is 5.43 Å². The van der Waals surface area contributed by atoms with E-state index in [1.165, 1.54) is 6.21 Å². The lowest BCUT2D eigenvalue weighted by atomic mass is 10.2. The van der Waals surface area contributed by atoms with Gasteiger partial charge in [-0.15, -0.1) is 0 Å². The highest BCUT2D eigenvalue weighted by molar-refractivity contribution is 5.84. The number of aromatic nitrogens is 1. The zero-order valence-corrected chi connectivity index (χ0v) is 11.1. The number of carbonyl (C=O) groups excluding carboxylic acids is 1. The molecule has 6 nitrogen and oxygen atoms in total. The van der Waals surface area contributed by atoms with Crippen molar-refractivity contribution in [3.63, 3.8) is 0 Å². The summed E-state index contributed by atoms with van der Waals surface area (Å²) in [5, 5.41) is 3.88. The van der Waals surface area contributed by atoms with Gasteiger partial charge in [-0.05, 0) is 29.8 Å². The van der Waals surface area contributed by atoms with Crippen molar-refractivity contribution in [3.8, 4) is 11.5 Å². The van der Waals surface area contributed by atoms with Crippen LogP contribution in [0.5, 0.6) is 11.5 Å². The Morgan fingerprint density at radius 3 is 2.81 bits per heavy atom. The molecule has 0 aliphatic carbocycles. The Labute approximate surface area is 121 Å². The van der Waals surface area contributed by atoms with Crippen LogP contribution in [0, 0.1) is 0 Å². The summed E-state index contributed by atoms with van der Waals surface area (Å²) in [6.07, 6.45) is 4.13. The first-order valence-corrected chi connectivity index (χ1v) is 6.44. The van der Waals surface area contributed by atoms with Gasteiger partial charge in [0.1, 0.15) is 6.61 Å². The molecule has 2 heterocycles. The van der Waals surface area contributed by atoms with E-state index in [1.807, 2.05) is 12.1 Å². The second-order valence-corrected chi connectivity index (χ2v) is 4.38. The molecule has 6 heteroatoms. The third-order valence-electron chi connectivity index (χ3n) is 2.90. The van der Waals surface area contributed by atoms with Crippen molar-refractivity contribution < 1.29 is 14.3 Å². The summed E-state index contributed by atoms with van der Waals surface area (Å²) < 4.78 is 11.1. The number of carbonyl (C=O) groups is 1. The van der Waals surface area contributed by atoms with Gasteiger partial charge in [-0.3, -0.25) is 9.78 Å². The molecule has 0 radical (unpaired) electrons. The molecule has 1 N–H and O–H groups in total. The van der Waals surface area contributed by atoms with Crippen molar-refractivity contribution in [2.24, 2.45) is 5.10 Å². The number of fused-ring (bicyclic) bond motifs is 1. The van der Waals surface area contributed by atoms with Crippen molar-refractivity contribution in [1.29, 1.82) is 0 Å². The maximum atomic E-state index is 12.0. The maximum absolute atomic E-state index is 12.0. The SMILES string of the molecule is O=C(NN=Cc1ccncc1)[C@@H]1COc2ccccc2O1. The lowest BCUT2D eigenvalue weighted by molar-refractivity contribution is -0.130. The van der Waals surface area contributed by atoms with E-state index in [0.717, 1.165) is 5.56 Å². The van der Waals surface area contributed by atoms with Gasteiger partial charge in [0.25, 0.3) is 5.91 Å². The molecule has 0 fully saturated rings. The van der Waals surface area contributed by atoms with Crippen LogP contribution < -0.4 is 14.9 Å². The summed E-state index contributed by atoms with van der Waals surface area (Å²) in [7, 11) is 0. The highest BCUT2D eigenvalue weighted by Gasteiger charge is 2.26. The molecule has 1 aromatic carbocycles. The molecule has 2 aromatic rings. The Morgan fingerprint density at radius 2 is 2.00 bits per heavy atom. The van der Waals surface area contributed by atoms with Crippen LogP contribution in [0.25, 0.3) is 0 Å². The van der Waals surface area contributed by atoms with E-state index in [4.69, 9.17) is 9.47 Å². The second-order valence-electron chi connectivity index (χ2n) is 4.38. The Balaban J connectivity index is 1.59. The van der Waals surface area contributed by atoms with Crippen LogP contribution in [-0.4, -0.2) is 29.8 Å². The standard InChI is InChI=1S/C15H13N3O3/c19-15(18-17-9-11-5-7-16-8-6-11)14-10-20-12-3-1-2-4-13(12)21-14/h1-9,14H,10H2,(H,18,19)/t14-/m0/s1. The fourth-order valence-corrected chi connectivity index (χ4v) is 1.84. The summed E-state index contributed by atoms with van der Waals surface area (Å²) in [5.41, 5.74) is 3.28. The number of nitrogens with zero attached hydrogens (tertiary/aromatic N) is 2. The third-order valence-corrected chi connectivity index (χ3v) is 2.90. The minimum atomic E-state index is -0.713. The number of nitrogens with one attached hydrogen (secondary N) is 1. The summed E-state index contributed by atoms with van der Waals surface area (Å²) in [6.45, 7) is 0.160. The predicted octanol–water partition coefficient (Wildman–Crippen LogP) is 1.37. The maximum Gasteiger partial charge on any atom is 0.284 e. The lowest BCUT2D eigenvalue weighted by Gasteiger charge is -2.24. The average molecular weight is 283 g/mol. The Bertz CT molecular complexity index is 658. The molecule has 1 amide bonds. The summed E-state index contributed by atoms with van der Waals surface area (Å²) in [4.78, 5) is 15.9. The summed E-state index contributed by atoms with van der Waals surface area (Å²) in [6, 6.07) is 10.8. The van der Waals surface area contributed by atoms with Crippen LogP contribution in [-0.2, 0) is 4.79 Å². The molecule has 3 rings (SSSR count).